The zero-order valence-corrected chi connectivity index (χ0v) is 47.4. The molecule has 7 heterocycles. The van der Waals surface area contributed by atoms with E-state index in [0.29, 0.717) is 77.1 Å². The van der Waals surface area contributed by atoms with Gasteiger partial charge in [0.2, 0.25) is 0 Å². The van der Waals surface area contributed by atoms with Crippen molar-refractivity contribution < 1.29 is 43.1 Å². The fourth-order valence-electron chi connectivity index (χ4n) is 11.1. The first kappa shape index (κ1) is 56.2. The van der Waals surface area contributed by atoms with Crippen LogP contribution in [-0.2, 0) is 11.3 Å². The number of imide groups is 4. The number of ether oxygens (including phenoxy) is 1. The Morgan fingerprint density at radius 1 is 0.440 bits per heavy atom. The molecule has 4 aliphatic rings. The average molecular weight is 1130 g/mol. The average Bonchev–Trinajstić information content (AvgIpc) is 1.15. The van der Waals surface area contributed by atoms with E-state index in [1.807, 2.05) is 12.1 Å². The van der Waals surface area contributed by atoms with Gasteiger partial charge in [0.05, 0.1) is 54.2 Å². The van der Waals surface area contributed by atoms with Gasteiger partial charge in [-0.3, -0.25) is 68.1 Å². The lowest BCUT2D eigenvalue weighted by molar-refractivity contribution is 0.0592. The molecule has 20 nitrogen and oxygen atoms in total. The second-order valence-corrected chi connectivity index (χ2v) is 21.2. The fourth-order valence-corrected chi connectivity index (χ4v) is 11.1. The van der Waals surface area contributed by atoms with E-state index in [4.69, 9.17) is 9.72 Å². The van der Waals surface area contributed by atoms with Gasteiger partial charge in [0.25, 0.3) is 47.3 Å². The number of nitrogens with zero attached hydrogens (tertiary/aromatic N) is 11. The van der Waals surface area contributed by atoms with Crippen molar-refractivity contribution in [3.8, 4) is 0 Å². The zero-order chi connectivity index (χ0) is 58.9. The van der Waals surface area contributed by atoms with Gasteiger partial charge in [-0.15, -0.1) is 0 Å². The van der Waals surface area contributed by atoms with Crippen molar-refractivity contribution >= 4 is 104 Å². The Balaban J connectivity index is 0.774. The molecule has 4 aliphatic heterocycles. The van der Waals surface area contributed by atoms with Crippen LogP contribution in [0.1, 0.15) is 185 Å². The number of benzene rings is 4. The van der Waals surface area contributed by atoms with Crippen molar-refractivity contribution in [1.29, 1.82) is 0 Å². The van der Waals surface area contributed by atoms with Gasteiger partial charge in [0.1, 0.15) is 0 Å². The first-order valence-electron chi connectivity index (χ1n) is 28.5. The highest BCUT2D eigenvalue weighted by Gasteiger charge is 2.42. The maximum absolute atomic E-state index is 14.2. The maximum atomic E-state index is 14.2. The van der Waals surface area contributed by atoms with Crippen LogP contribution < -0.4 is 19.8 Å². The molecule has 0 fully saturated rings. The van der Waals surface area contributed by atoms with Crippen molar-refractivity contribution in [3.05, 3.63) is 159 Å². The summed E-state index contributed by atoms with van der Waals surface area (Å²) in [6.07, 6.45) is 14.9. The number of unbranched alkanes of at least 4 members (excludes halogenated alkanes) is 7. The predicted molar refractivity (Wildman–Crippen MR) is 318 cm³/mol. The molecule has 0 atom stereocenters. The van der Waals surface area contributed by atoms with Gasteiger partial charge in [-0.25, -0.2) is 14.8 Å². The van der Waals surface area contributed by atoms with E-state index in [1.54, 1.807) is 96.9 Å². The molecule has 4 aromatic carbocycles. The van der Waals surface area contributed by atoms with Crippen molar-refractivity contribution in [1.82, 2.24) is 24.8 Å². The van der Waals surface area contributed by atoms with Crippen LogP contribution >= 0.6 is 0 Å². The van der Waals surface area contributed by atoms with E-state index in [0.717, 1.165) is 66.7 Å². The standard InChI is InChI=1S/C64H61N11O9/c1-6-9-12-14-28-72-57(76)43-20-24-47-55-48(25-21-44(53(43)55)58(72)77)62(81)74(61(47)80)41-18-16-39(65-35-41)33-67-70(4)51-31-38(37-84-30-11-8-3)32-52(69-51)71(5)68-34-40-17-19-42(36-66-40)75-63(82)49-26-22-45-54-46(23-27-50(56(49)54)64(75)83)60(79)73(59(45)78)29-15-13-10-7-2/h16-27,31-36H,6-15,28-30,37H2,1-5H3/b67-33+,68-34+. The fraction of sp³-hybridized carbons (Fsp3) is 0.297. The summed E-state index contributed by atoms with van der Waals surface area (Å²) in [6.45, 7) is 7.69. The lowest BCUT2D eigenvalue weighted by atomic mass is 9.85. The number of aromatic nitrogens is 3. The number of carbonyl (C=O) groups is 8. The van der Waals surface area contributed by atoms with Gasteiger partial charge in [0.15, 0.2) is 11.6 Å². The molecule has 426 valence electrons. The summed E-state index contributed by atoms with van der Waals surface area (Å²) >= 11 is 0. The Morgan fingerprint density at radius 3 is 1.11 bits per heavy atom. The number of hydrazone groups is 2. The topological polar surface area (TPSA) is 229 Å². The van der Waals surface area contributed by atoms with E-state index >= 15 is 0 Å². The van der Waals surface area contributed by atoms with Gasteiger partial charge in [-0.05, 0) is 110 Å². The molecular formula is C64H61N11O9. The molecule has 0 bridgehead atoms. The third kappa shape index (κ3) is 10.2. The molecule has 7 aromatic rings. The highest BCUT2D eigenvalue weighted by atomic mass is 16.5. The van der Waals surface area contributed by atoms with E-state index < -0.39 is 47.3 Å². The van der Waals surface area contributed by atoms with Crippen LogP contribution in [0.4, 0.5) is 23.0 Å². The predicted octanol–water partition coefficient (Wildman–Crippen LogP) is 10.4. The summed E-state index contributed by atoms with van der Waals surface area (Å²) in [4.78, 5) is 130. The smallest absolute Gasteiger partial charge is 0.266 e. The number of rotatable bonds is 23. The first-order chi connectivity index (χ1) is 40.7. The van der Waals surface area contributed by atoms with Gasteiger partial charge in [-0.2, -0.15) is 10.2 Å². The maximum Gasteiger partial charge on any atom is 0.266 e. The van der Waals surface area contributed by atoms with Crippen LogP contribution in [0, 0.1) is 0 Å². The Kier molecular flexibility index (Phi) is 15.8. The number of pyridine rings is 3. The molecule has 0 saturated heterocycles. The van der Waals surface area contributed by atoms with Crippen LogP contribution in [0.2, 0.25) is 0 Å². The third-order valence-corrected chi connectivity index (χ3v) is 15.6. The lowest BCUT2D eigenvalue weighted by Crippen LogP contribution is -2.43. The highest BCUT2D eigenvalue weighted by molar-refractivity contribution is 6.40. The zero-order valence-electron chi connectivity index (χ0n) is 47.4. The lowest BCUT2D eigenvalue weighted by Gasteiger charge is -2.31. The van der Waals surface area contributed by atoms with Gasteiger partial charge < -0.3 is 4.74 Å². The number of carbonyl (C=O) groups excluding carboxylic acids is 8. The third-order valence-electron chi connectivity index (χ3n) is 15.6. The molecule has 0 radical (unpaired) electrons. The number of anilines is 4. The van der Waals surface area contributed by atoms with E-state index in [1.165, 1.54) is 34.6 Å². The molecular weight excluding hydrogens is 1070 g/mol. The summed E-state index contributed by atoms with van der Waals surface area (Å²) < 4.78 is 5.99. The molecule has 0 unspecified atom stereocenters. The quantitative estimate of drug-likeness (QED) is 0.0251. The van der Waals surface area contributed by atoms with Crippen LogP contribution in [0.15, 0.2) is 108 Å². The van der Waals surface area contributed by atoms with Gasteiger partial charge in [-0.1, -0.05) is 65.7 Å². The molecule has 0 N–H and O–H groups in total. The summed E-state index contributed by atoms with van der Waals surface area (Å²) in [6, 6.07) is 22.6. The number of hydrogen-bond donors (Lipinski definition) is 0. The summed E-state index contributed by atoms with van der Waals surface area (Å²) in [5.74, 6) is -3.29. The first-order valence-corrected chi connectivity index (χ1v) is 28.5. The van der Waals surface area contributed by atoms with Crippen molar-refractivity contribution in [2.45, 2.75) is 91.6 Å². The van der Waals surface area contributed by atoms with Crippen molar-refractivity contribution in [3.63, 3.8) is 0 Å². The minimum atomic E-state index is -0.608. The second kappa shape index (κ2) is 23.7. The molecule has 0 aliphatic carbocycles. The molecule has 3 aromatic heterocycles. The minimum absolute atomic E-state index is 0.198. The van der Waals surface area contributed by atoms with Gasteiger partial charge >= 0.3 is 0 Å². The van der Waals surface area contributed by atoms with Crippen molar-refractivity contribution in [2.24, 2.45) is 10.2 Å². The Hall–Kier alpha value is -9.69. The largest absolute Gasteiger partial charge is 0.377 e. The molecule has 8 amide bonds. The van der Waals surface area contributed by atoms with Crippen LogP contribution in [-0.4, -0.2) is 118 Å². The highest BCUT2D eigenvalue weighted by Crippen LogP contribution is 2.41. The molecule has 84 heavy (non-hydrogen) atoms. The molecule has 11 rings (SSSR count). The molecule has 0 spiro atoms. The Morgan fingerprint density at radius 2 is 0.786 bits per heavy atom. The van der Waals surface area contributed by atoms with Crippen LogP contribution in [0.3, 0.4) is 0 Å². The molecule has 20 heteroatoms. The van der Waals surface area contributed by atoms with E-state index in [9.17, 15) is 38.4 Å². The summed E-state index contributed by atoms with van der Waals surface area (Å²) in [5.41, 5.74) is 3.99. The normalized spacial score (nSPS) is 14.7. The monoisotopic (exact) mass is 1130 g/mol. The summed E-state index contributed by atoms with van der Waals surface area (Å²) in [7, 11) is 3.43. The van der Waals surface area contributed by atoms with E-state index in [2.05, 4.69) is 40.9 Å². The second-order valence-electron chi connectivity index (χ2n) is 21.2. The number of amides is 8. The van der Waals surface area contributed by atoms with Crippen molar-refractivity contribution in [2.75, 3.05) is 53.6 Å². The number of hydrogen-bond acceptors (Lipinski definition) is 16. The minimum Gasteiger partial charge on any atom is -0.377 e. The Bertz CT molecular complexity index is 3570. The Labute approximate surface area is 484 Å². The SMILES string of the molecule is CCCCCCN1C(=O)c2ccc3c4c(ccc(c24)C1=O)C(=O)N(c1ccc(/C=N/N(C)c2cc(COCCCC)cc(N(C)/N=C/c4ccc(N5C(=O)c6ccc7c8c(ccc(c68)C5=O)C(=O)N(CCCCCC)C7=O)cn4)n2)nc1)C3=O. The van der Waals surface area contributed by atoms with Gasteiger partial charge in [0, 0.05) is 99.8 Å². The summed E-state index contributed by atoms with van der Waals surface area (Å²) in [5, 5.41) is 13.6. The molecule has 0 saturated carbocycles. The van der Waals surface area contributed by atoms with E-state index in [-0.39, 0.29) is 62.5 Å². The van der Waals surface area contributed by atoms with Crippen LogP contribution in [0.25, 0.3) is 21.5 Å². The van der Waals surface area contributed by atoms with Crippen LogP contribution in [0.5, 0.6) is 0 Å².